The lowest BCUT2D eigenvalue weighted by Crippen LogP contribution is -2.53. The lowest BCUT2D eigenvalue weighted by atomic mass is 9.90. The van der Waals surface area contributed by atoms with Crippen LogP contribution in [-0.4, -0.2) is 43.5 Å². The number of hydrogen-bond donors (Lipinski definition) is 2. The highest BCUT2D eigenvalue weighted by atomic mass is 16.5. The predicted octanol–water partition coefficient (Wildman–Crippen LogP) is 1.38. The Balaban J connectivity index is 2.19. The zero-order valence-corrected chi connectivity index (χ0v) is 11.7. The van der Waals surface area contributed by atoms with Gasteiger partial charge in [-0.25, -0.2) is 4.79 Å². The van der Waals surface area contributed by atoms with Crippen molar-refractivity contribution in [3.05, 3.63) is 35.9 Å². The Bertz CT molecular complexity index is 431. The van der Waals surface area contributed by atoms with Crippen LogP contribution in [0.15, 0.2) is 30.3 Å². The molecule has 0 radical (unpaired) electrons. The Hall–Kier alpha value is -1.43. The molecule has 2 rings (SSSR count). The van der Waals surface area contributed by atoms with E-state index >= 15 is 0 Å². The van der Waals surface area contributed by atoms with Crippen molar-refractivity contribution in [2.24, 2.45) is 0 Å². The number of hydrogen-bond acceptors (Lipinski definition) is 4. The van der Waals surface area contributed by atoms with Gasteiger partial charge in [0.25, 0.3) is 0 Å². The van der Waals surface area contributed by atoms with Gasteiger partial charge in [-0.2, -0.15) is 0 Å². The fourth-order valence-corrected chi connectivity index (χ4v) is 2.41. The third kappa shape index (κ3) is 3.17. The summed E-state index contributed by atoms with van der Waals surface area (Å²) in [6, 6.07) is 9.16. The van der Waals surface area contributed by atoms with Crippen LogP contribution in [0.5, 0.6) is 0 Å². The van der Waals surface area contributed by atoms with E-state index in [2.05, 4.69) is 5.32 Å². The molecule has 0 bridgehead atoms. The van der Waals surface area contributed by atoms with Gasteiger partial charge in [0.05, 0.1) is 19.3 Å². The first kappa shape index (κ1) is 15.0. The van der Waals surface area contributed by atoms with Crippen molar-refractivity contribution >= 4 is 5.97 Å². The van der Waals surface area contributed by atoms with E-state index < -0.39 is 11.5 Å². The van der Waals surface area contributed by atoms with Gasteiger partial charge in [0.1, 0.15) is 0 Å². The summed E-state index contributed by atoms with van der Waals surface area (Å²) in [6.45, 7) is 3.74. The molecule has 1 aromatic rings. The van der Waals surface area contributed by atoms with Crippen molar-refractivity contribution in [2.45, 2.75) is 25.0 Å². The van der Waals surface area contributed by atoms with E-state index in [1.165, 1.54) is 0 Å². The van der Waals surface area contributed by atoms with Crippen molar-refractivity contribution in [1.29, 1.82) is 0 Å². The van der Waals surface area contributed by atoms with Gasteiger partial charge >= 0.3 is 5.97 Å². The van der Waals surface area contributed by atoms with E-state index in [0.717, 1.165) is 6.42 Å². The van der Waals surface area contributed by atoms with E-state index in [1.807, 2.05) is 37.3 Å². The minimum absolute atomic E-state index is 0.0175. The second-order valence-corrected chi connectivity index (χ2v) is 4.90. The summed E-state index contributed by atoms with van der Waals surface area (Å²) >= 11 is 0. The molecule has 1 aromatic carbocycles. The number of ether oxygens (including phenoxy) is 2. The summed E-state index contributed by atoms with van der Waals surface area (Å²) in [5.41, 5.74) is -0.508. The number of likely N-dealkylation sites (N-methyl/N-ethyl adjacent to an activating group) is 1. The van der Waals surface area contributed by atoms with Crippen LogP contribution < -0.4 is 5.32 Å². The zero-order valence-electron chi connectivity index (χ0n) is 11.7. The molecule has 0 saturated carbocycles. The molecule has 0 aliphatic carbocycles. The fraction of sp³-hybridized carbons (Fsp3) is 0.533. The Morgan fingerprint density at radius 1 is 1.50 bits per heavy atom. The maximum atomic E-state index is 11.8. The Morgan fingerprint density at radius 2 is 2.25 bits per heavy atom. The van der Waals surface area contributed by atoms with E-state index in [-0.39, 0.29) is 12.7 Å². The minimum Gasteiger partial charge on any atom is -0.480 e. The summed E-state index contributed by atoms with van der Waals surface area (Å²) in [7, 11) is 0. The molecular weight excluding hydrogens is 258 g/mol. The second-order valence-electron chi connectivity index (χ2n) is 4.90. The van der Waals surface area contributed by atoms with E-state index in [0.29, 0.717) is 25.3 Å². The standard InChI is InChI=1S/C15H21NO4/c1-2-16-15(14(17)18,12-6-4-3-5-7-12)11-20-13-8-9-19-10-13/h3-7,13,16H,2,8-11H2,1H3,(H,17,18). The molecule has 0 amide bonds. The Labute approximate surface area is 118 Å². The highest BCUT2D eigenvalue weighted by Crippen LogP contribution is 2.24. The first-order chi connectivity index (χ1) is 9.69. The summed E-state index contributed by atoms with van der Waals surface area (Å²) in [5.74, 6) is -0.926. The summed E-state index contributed by atoms with van der Waals surface area (Å²) in [5, 5.41) is 12.8. The number of carbonyl (C=O) groups is 1. The Morgan fingerprint density at radius 3 is 2.80 bits per heavy atom. The second kappa shape index (κ2) is 6.83. The molecule has 110 valence electrons. The van der Waals surface area contributed by atoms with Crippen LogP contribution in [0.25, 0.3) is 0 Å². The monoisotopic (exact) mass is 279 g/mol. The molecule has 0 aromatic heterocycles. The van der Waals surface area contributed by atoms with Gasteiger partial charge < -0.3 is 14.6 Å². The molecule has 1 saturated heterocycles. The number of benzene rings is 1. The molecule has 0 spiro atoms. The third-order valence-electron chi connectivity index (χ3n) is 3.53. The quantitative estimate of drug-likeness (QED) is 0.789. The van der Waals surface area contributed by atoms with Gasteiger partial charge in [-0.15, -0.1) is 0 Å². The SMILES string of the molecule is CCNC(COC1CCOC1)(C(=O)O)c1ccccc1. The zero-order chi connectivity index (χ0) is 14.4. The lowest BCUT2D eigenvalue weighted by Gasteiger charge is -2.31. The molecule has 1 heterocycles. The molecule has 2 atom stereocenters. The Kier molecular flexibility index (Phi) is 5.11. The van der Waals surface area contributed by atoms with Crippen molar-refractivity contribution in [3.63, 3.8) is 0 Å². The van der Waals surface area contributed by atoms with Gasteiger partial charge in [-0.1, -0.05) is 37.3 Å². The van der Waals surface area contributed by atoms with Gasteiger partial charge in [-0.05, 0) is 18.5 Å². The normalized spacial score (nSPS) is 21.6. The highest BCUT2D eigenvalue weighted by Gasteiger charge is 2.41. The van der Waals surface area contributed by atoms with Crippen molar-refractivity contribution < 1.29 is 19.4 Å². The molecular formula is C15H21NO4. The number of nitrogens with one attached hydrogen (secondary N) is 1. The van der Waals surface area contributed by atoms with Gasteiger partial charge in [0.2, 0.25) is 0 Å². The van der Waals surface area contributed by atoms with Crippen LogP contribution in [0.3, 0.4) is 0 Å². The molecule has 2 N–H and O–H groups in total. The van der Waals surface area contributed by atoms with Crippen molar-refractivity contribution in [3.8, 4) is 0 Å². The minimum atomic E-state index is -1.21. The van der Waals surface area contributed by atoms with Crippen molar-refractivity contribution in [2.75, 3.05) is 26.4 Å². The topological polar surface area (TPSA) is 67.8 Å². The van der Waals surface area contributed by atoms with Gasteiger partial charge in [-0.3, -0.25) is 5.32 Å². The summed E-state index contributed by atoms with van der Waals surface area (Å²) < 4.78 is 11.0. The number of rotatable bonds is 7. The van der Waals surface area contributed by atoms with E-state index in [9.17, 15) is 9.90 Å². The smallest absolute Gasteiger partial charge is 0.331 e. The van der Waals surface area contributed by atoms with Crippen LogP contribution in [0.2, 0.25) is 0 Å². The number of carboxylic acid groups (broad SMARTS) is 1. The lowest BCUT2D eigenvalue weighted by molar-refractivity contribution is -0.149. The average Bonchev–Trinajstić information content (AvgIpc) is 2.97. The number of carboxylic acids is 1. The third-order valence-corrected chi connectivity index (χ3v) is 3.53. The first-order valence-electron chi connectivity index (χ1n) is 6.92. The van der Waals surface area contributed by atoms with Crippen LogP contribution in [0, 0.1) is 0 Å². The van der Waals surface area contributed by atoms with E-state index in [4.69, 9.17) is 9.47 Å². The summed E-state index contributed by atoms with van der Waals surface area (Å²) in [4.78, 5) is 11.8. The van der Waals surface area contributed by atoms with Gasteiger partial charge in [0.15, 0.2) is 5.54 Å². The van der Waals surface area contributed by atoms with Gasteiger partial charge in [0, 0.05) is 6.61 Å². The molecule has 20 heavy (non-hydrogen) atoms. The average molecular weight is 279 g/mol. The molecule has 1 aliphatic heterocycles. The van der Waals surface area contributed by atoms with Crippen LogP contribution in [0.4, 0.5) is 0 Å². The number of aliphatic carboxylic acids is 1. The molecule has 5 nitrogen and oxygen atoms in total. The van der Waals surface area contributed by atoms with E-state index in [1.54, 1.807) is 0 Å². The van der Waals surface area contributed by atoms with Crippen LogP contribution >= 0.6 is 0 Å². The fourth-order valence-electron chi connectivity index (χ4n) is 2.41. The highest BCUT2D eigenvalue weighted by molar-refractivity contribution is 5.81. The summed E-state index contributed by atoms with van der Waals surface area (Å²) in [6.07, 6.45) is 0.799. The molecule has 2 unspecified atom stereocenters. The largest absolute Gasteiger partial charge is 0.480 e. The maximum absolute atomic E-state index is 11.8. The molecule has 5 heteroatoms. The van der Waals surface area contributed by atoms with Crippen LogP contribution in [0.1, 0.15) is 18.9 Å². The van der Waals surface area contributed by atoms with Crippen molar-refractivity contribution in [1.82, 2.24) is 5.32 Å². The maximum Gasteiger partial charge on any atom is 0.331 e. The first-order valence-corrected chi connectivity index (χ1v) is 6.92. The predicted molar refractivity (Wildman–Crippen MR) is 74.6 cm³/mol. The molecule has 1 fully saturated rings. The van der Waals surface area contributed by atoms with Crippen LogP contribution in [-0.2, 0) is 19.8 Å². The molecule has 1 aliphatic rings.